The molecule has 0 bridgehead atoms. The fraction of sp³-hybridized carbons (Fsp3) is 0.118. The molecule has 0 atom stereocenters. The van der Waals surface area contributed by atoms with Crippen molar-refractivity contribution in [1.82, 2.24) is 19.6 Å². The van der Waals surface area contributed by atoms with Gasteiger partial charge in [0.25, 0.3) is 10.0 Å². The summed E-state index contributed by atoms with van der Waals surface area (Å²) in [6, 6.07) is 13.4. The molecular formula is C17H14ClN5O2S. The lowest BCUT2D eigenvalue weighted by atomic mass is 10.3. The van der Waals surface area contributed by atoms with E-state index in [1.54, 1.807) is 4.40 Å². The van der Waals surface area contributed by atoms with Crippen LogP contribution in [-0.4, -0.2) is 35.0 Å². The van der Waals surface area contributed by atoms with Gasteiger partial charge in [0.05, 0.1) is 15.9 Å². The molecule has 0 aliphatic carbocycles. The first kappa shape index (κ1) is 16.7. The topological polar surface area (TPSA) is 80.5 Å². The number of nitrogens with zero attached hydrogens (tertiary/aromatic N) is 5. The number of aromatic nitrogens is 4. The minimum absolute atomic E-state index is 0.119. The zero-order valence-electron chi connectivity index (χ0n) is 14.0. The second kappa shape index (κ2) is 5.93. The Morgan fingerprint density at radius 3 is 2.46 bits per heavy atom. The van der Waals surface area contributed by atoms with Gasteiger partial charge < -0.3 is 0 Å². The van der Waals surface area contributed by atoms with Gasteiger partial charge in [-0.15, -0.1) is 10.2 Å². The molecule has 0 radical (unpaired) electrons. The third kappa shape index (κ3) is 2.49. The molecule has 2 aromatic heterocycles. The minimum atomic E-state index is -3.83. The number of hydrogen-bond acceptors (Lipinski definition) is 5. The summed E-state index contributed by atoms with van der Waals surface area (Å²) in [7, 11) is -2.38. The molecule has 0 unspecified atom stereocenters. The number of hydrogen-bond donors (Lipinski definition) is 0. The number of anilines is 1. The Bertz CT molecular complexity index is 1240. The summed E-state index contributed by atoms with van der Waals surface area (Å²) in [6.45, 7) is 1.81. The van der Waals surface area contributed by atoms with Crippen LogP contribution < -0.4 is 4.31 Å². The fourth-order valence-electron chi connectivity index (χ4n) is 2.80. The number of sulfonamides is 1. The highest BCUT2D eigenvalue weighted by Gasteiger charge is 2.26. The van der Waals surface area contributed by atoms with Crippen LogP contribution in [-0.2, 0) is 10.0 Å². The summed E-state index contributed by atoms with van der Waals surface area (Å²) in [5.41, 5.74) is 1.84. The molecule has 7 nitrogen and oxygen atoms in total. The lowest BCUT2D eigenvalue weighted by Crippen LogP contribution is -2.28. The van der Waals surface area contributed by atoms with Crippen molar-refractivity contribution in [2.24, 2.45) is 0 Å². The van der Waals surface area contributed by atoms with Crippen LogP contribution in [0.15, 0.2) is 53.4 Å². The molecule has 0 aliphatic rings. The summed E-state index contributed by atoms with van der Waals surface area (Å²) in [5.74, 6) is 0.858. The molecule has 0 aliphatic heterocycles. The zero-order chi connectivity index (χ0) is 18.5. The Labute approximate surface area is 154 Å². The average molecular weight is 388 g/mol. The van der Waals surface area contributed by atoms with Gasteiger partial charge in [-0.05, 0) is 43.3 Å². The second-order valence-corrected chi connectivity index (χ2v) is 8.16. The Hall–Kier alpha value is -2.71. The smallest absolute Gasteiger partial charge is 0.265 e. The van der Waals surface area contributed by atoms with E-state index in [9.17, 15) is 8.42 Å². The van der Waals surface area contributed by atoms with Crippen LogP contribution in [0.25, 0.3) is 16.7 Å². The lowest BCUT2D eigenvalue weighted by molar-refractivity contribution is 0.594. The van der Waals surface area contributed by atoms with Crippen molar-refractivity contribution in [1.29, 1.82) is 0 Å². The van der Waals surface area contributed by atoms with Crippen LogP contribution in [0.5, 0.6) is 0 Å². The van der Waals surface area contributed by atoms with E-state index in [-0.39, 0.29) is 10.7 Å². The molecular weight excluding hydrogens is 374 g/mol. The molecule has 9 heteroatoms. The fourth-order valence-corrected chi connectivity index (χ4v) is 4.07. The number of para-hydroxylation sites is 2. The summed E-state index contributed by atoms with van der Waals surface area (Å²) < 4.78 is 28.9. The first-order valence-electron chi connectivity index (χ1n) is 7.74. The Balaban J connectivity index is 1.96. The number of halogens is 1. The predicted molar refractivity (Wildman–Crippen MR) is 100 cm³/mol. The van der Waals surface area contributed by atoms with Gasteiger partial charge in [-0.2, -0.15) is 0 Å². The quantitative estimate of drug-likeness (QED) is 0.539. The van der Waals surface area contributed by atoms with Gasteiger partial charge in [-0.3, -0.25) is 4.40 Å². The van der Waals surface area contributed by atoms with Crippen molar-refractivity contribution >= 4 is 44.1 Å². The summed E-state index contributed by atoms with van der Waals surface area (Å²) in [6.07, 6.45) is 0. The molecule has 26 heavy (non-hydrogen) atoms. The van der Waals surface area contributed by atoms with Crippen LogP contribution >= 0.6 is 11.6 Å². The number of benzene rings is 2. The van der Waals surface area contributed by atoms with Crippen LogP contribution in [0.3, 0.4) is 0 Å². The van der Waals surface area contributed by atoms with Crippen molar-refractivity contribution < 1.29 is 8.42 Å². The largest absolute Gasteiger partial charge is 0.274 e. The zero-order valence-corrected chi connectivity index (χ0v) is 15.5. The highest BCUT2D eigenvalue weighted by atomic mass is 35.5. The molecule has 0 spiro atoms. The highest BCUT2D eigenvalue weighted by Crippen LogP contribution is 2.28. The summed E-state index contributed by atoms with van der Waals surface area (Å²) in [5, 5.41) is 8.69. The monoisotopic (exact) mass is 387 g/mol. The SMILES string of the molecule is Cc1nnc2c(N(C)S(=O)(=O)c3ccc(Cl)cc3)nc3ccccc3n12. The van der Waals surface area contributed by atoms with E-state index in [4.69, 9.17) is 11.6 Å². The van der Waals surface area contributed by atoms with Gasteiger partial charge >= 0.3 is 0 Å². The van der Waals surface area contributed by atoms with Crippen molar-refractivity contribution in [3.05, 3.63) is 59.4 Å². The molecule has 2 heterocycles. The minimum Gasteiger partial charge on any atom is -0.274 e. The molecule has 0 N–H and O–H groups in total. The maximum Gasteiger partial charge on any atom is 0.265 e. The van der Waals surface area contributed by atoms with Gasteiger partial charge in [0, 0.05) is 12.1 Å². The molecule has 0 saturated carbocycles. The van der Waals surface area contributed by atoms with E-state index < -0.39 is 10.0 Å². The average Bonchev–Trinajstić information content (AvgIpc) is 3.03. The molecule has 0 fully saturated rings. The van der Waals surface area contributed by atoms with Gasteiger partial charge in [0.1, 0.15) is 5.82 Å². The molecule has 4 rings (SSSR count). The van der Waals surface area contributed by atoms with E-state index in [2.05, 4.69) is 15.2 Å². The standard InChI is InChI=1S/C17H14ClN5O2S/c1-11-20-21-17-16(19-14-5-3-4-6-15(14)23(11)17)22(2)26(24,25)13-9-7-12(18)8-10-13/h3-10H,1-2H3. The predicted octanol–water partition coefficient (Wildman–Crippen LogP) is 3.06. The van der Waals surface area contributed by atoms with Crippen LogP contribution in [0.1, 0.15) is 5.82 Å². The lowest BCUT2D eigenvalue weighted by Gasteiger charge is -2.19. The van der Waals surface area contributed by atoms with E-state index in [1.165, 1.54) is 31.3 Å². The van der Waals surface area contributed by atoms with E-state index >= 15 is 0 Å². The maximum absolute atomic E-state index is 13.0. The van der Waals surface area contributed by atoms with E-state index in [1.807, 2.05) is 31.2 Å². The number of aryl methyl sites for hydroxylation is 1. The summed E-state index contributed by atoms with van der Waals surface area (Å²) >= 11 is 5.86. The Morgan fingerprint density at radius 1 is 1.04 bits per heavy atom. The Kier molecular flexibility index (Phi) is 3.82. The summed E-state index contributed by atoms with van der Waals surface area (Å²) in [4.78, 5) is 4.64. The van der Waals surface area contributed by atoms with Crippen LogP contribution in [0.2, 0.25) is 5.02 Å². The Morgan fingerprint density at radius 2 is 1.73 bits per heavy atom. The molecule has 132 valence electrons. The molecule has 2 aromatic carbocycles. The van der Waals surface area contributed by atoms with Crippen molar-refractivity contribution in [3.63, 3.8) is 0 Å². The molecule has 4 aromatic rings. The maximum atomic E-state index is 13.0. The van der Waals surface area contributed by atoms with Crippen molar-refractivity contribution in [2.45, 2.75) is 11.8 Å². The van der Waals surface area contributed by atoms with Gasteiger partial charge in [0.2, 0.25) is 5.65 Å². The third-order valence-electron chi connectivity index (χ3n) is 4.14. The molecule has 0 amide bonds. The number of fused-ring (bicyclic) bond motifs is 3. The molecule has 0 saturated heterocycles. The van der Waals surface area contributed by atoms with Crippen molar-refractivity contribution in [3.8, 4) is 0 Å². The second-order valence-electron chi connectivity index (χ2n) is 5.76. The highest BCUT2D eigenvalue weighted by molar-refractivity contribution is 7.92. The normalized spacial score (nSPS) is 12.0. The van der Waals surface area contributed by atoms with Gasteiger partial charge in [0.15, 0.2) is 5.82 Å². The third-order valence-corrected chi connectivity index (χ3v) is 6.16. The van der Waals surface area contributed by atoms with Crippen LogP contribution in [0.4, 0.5) is 5.82 Å². The van der Waals surface area contributed by atoms with Gasteiger partial charge in [-0.25, -0.2) is 17.7 Å². The number of rotatable bonds is 3. The van der Waals surface area contributed by atoms with Gasteiger partial charge in [-0.1, -0.05) is 23.7 Å². The first-order valence-corrected chi connectivity index (χ1v) is 9.56. The van der Waals surface area contributed by atoms with Crippen LogP contribution in [0, 0.1) is 6.92 Å². The first-order chi connectivity index (χ1) is 12.4. The van der Waals surface area contributed by atoms with Crippen molar-refractivity contribution in [2.75, 3.05) is 11.4 Å². The van der Waals surface area contributed by atoms with E-state index in [0.717, 1.165) is 9.82 Å². The van der Waals surface area contributed by atoms with E-state index in [0.29, 0.717) is 22.0 Å².